The van der Waals surface area contributed by atoms with Crippen LogP contribution in [0.15, 0.2) is 0 Å². The molecule has 0 aliphatic rings. The van der Waals surface area contributed by atoms with Gasteiger partial charge in [0.25, 0.3) is 0 Å². The molecule has 90 valence electrons. The van der Waals surface area contributed by atoms with Crippen LogP contribution in [0.5, 0.6) is 0 Å². The lowest BCUT2D eigenvalue weighted by atomic mass is 9.98. The van der Waals surface area contributed by atoms with Crippen molar-refractivity contribution in [1.29, 1.82) is 0 Å². The van der Waals surface area contributed by atoms with E-state index in [9.17, 15) is 4.79 Å². The largest absolute Gasteiger partial charge is 0.350 e. The summed E-state index contributed by atoms with van der Waals surface area (Å²) in [5, 5.41) is 4.35. The molecule has 0 aliphatic heterocycles. The van der Waals surface area contributed by atoms with Crippen LogP contribution in [0.25, 0.3) is 0 Å². The molecule has 0 fully saturated rings. The van der Waals surface area contributed by atoms with Gasteiger partial charge in [0, 0.05) is 0 Å². The summed E-state index contributed by atoms with van der Waals surface area (Å²) in [7, 11) is 0. The molecule has 0 unspecified atom stereocenters. The first-order valence-corrected chi connectivity index (χ1v) is 5.49. The fourth-order valence-corrected chi connectivity index (χ4v) is 0.802. The molecular weight excluding hydrogens is 196 g/mol. The summed E-state index contributed by atoms with van der Waals surface area (Å²) in [5.74, 6) is -0.434. The number of rotatable bonds is 7. The minimum atomic E-state index is -0.564. The molecule has 15 heavy (non-hydrogen) atoms. The van der Waals surface area contributed by atoms with Crippen molar-refractivity contribution in [1.82, 2.24) is 0 Å². The zero-order valence-electron chi connectivity index (χ0n) is 10.2. The van der Waals surface area contributed by atoms with E-state index in [0.29, 0.717) is 6.61 Å². The smallest absolute Gasteiger partial charge is 0.268 e. The molecule has 0 aromatic carbocycles. The van der Waals surface area contributed by atoms with Crippen LogP contribution < -0.4 is 0 Å². The number of unbranched alkanes of at least 4 members (excludes halogenated alkanes) is 3. The Bertz CT molecular complexity index is 172. The van der Waals surface area contributed by atoms with Gasteiger partial charge in [0.05, 0.1) is 12.0 Å². The quantitative estimate of drug-likeness (QED) is 0.374. The predicted molar refractivity (Wildman–Crippen MR) is 56.7 cm³/mol. The Morgan fingerprint density at radius 3 is 2.33 bits per heavy atom. The van der Waals surface area contributed by atoms with E-state index >= 15 is 0 Å². The van der Waals surface area contributed by atoms with Crippen molar-refractivity contribution in [3.8, 4) is 0 Å². The van der Waals surface area contributed by atoms with Gasteiger partial charge < -0.3 is 0 Å². The lowest BCUT2D eigenvalue weighted by molar-refractivity contribution is -0.488. The van der Waals surface area contributed by atoms with E-state index in [0.717, 1.165) is 12.8 Å². The van der Waals surface area contributed by atoms with Crippen molar-refractivity contribution in [3.63, 3.8) is 0 Å². The summed E-state index contributed by atoms with van der Waals surface area (Å²) >= 11 is 0. The molecule has 0 spiro atoms. The highest BCUT2D eigenvalue weighted by atomic mass is 17.5. The maximum absolute atomic E-state index is 11.2. The van der Waals surface area contributed by atoms with Crippen molar-refractivity contribution in [2.24, 2.45) is 5.41 Å². The standard InChI is InChI=1S/C11H22O4/c1-5-6-7-8-9-13-15-14-10(12)11(2,3)4/h5-9H2,1-4H3. The topological polar surface area (TPSA) is 44.8 Å². The average molecular weight is 218 g/mol. The van der Waals surface area contributed by atoms with Gasteiger partial charge in [0.2, 0.25) is 0 Å². The molecule has 0 atom stereocenters. The third-order valence-electron chi connectivity index (χ3n) is 1.85. The molecule has 0 saturated carbocycles. The van der Waals surface area contributed by atoms with Crippen LogP contribution in [0, 0.1) is 5.41 Å². The number of hydrogen-bond donors (Lipinski definition) is 0. The summed E-state index contributed by atoms with van der Waals surface area (Å²) in [4.78, 5) is 20.3. The van der Waals surface area contributed by atoms with Crippen molar-refractivity contribution in [2.75, 3.05) is 6.61 Å². The van der Waals surface area contributed by atoms with Crippen LogP contribution in [0.4, 0.5) is 0 Å². The van der Waals surface area contributed by atoms with Gasteiger partial charge in [0.1, 0.15) is 0 Å². The number of carbonyl (C=O) groups is 1. The van der Waals surface area contributed by atoms with Crippen LogP contribution in [-0.2, 0) is 19.6 Å². The van der Waals surface area contributed by atoms with Gasteiger partial charge in [0.15, 0.2) is 0 Å². The first-order valence-electron chi connectivity index (χ1n) is 5.49. The van der Waals surface area contributed by atoms with Crippen LogP contribution >= 0.6 is 0 Å². The Labute approximate surface area is 91.7 Å². The van der Waals surface area contributed by atoms with Crippen LogP contribution in [-0.4, -0.2) is 12.6 Å². The Balaban J connectivity index is 3.28. The zero-order valence-corrected chi connectivity index (χ0v) is 10.2. The third kappa shape index (κ3) is 8.39. The van der Waals surface area contributed by atoms with Gasteiger partial charge in [-0.05, 0) is 32.2 Å². The molecule has 0 N–H and O–H groups in total. The maximum Gasteiger partial charge on any atom is 0.350 e. The van der Waals surface area contributed by atoms with Gasteiger partial charge in [-0.15, -0.1) is 0 Å². The van der Waals surface area contributed by atoms with Gasteiger partial charge in [-0.1, -0.05) is 26.2 Å². The molecule has 0 bridgehead atoms. The van der Waals surface area contributed by atoms with Crippen molar-refractivity contribution < 1.29 is 19.6 Å². The summed E-state index contributed by atoms with van der Waals surface area (Å²) < 4.78 is 0. The third-order valence-corrected chi connectivity index (χ3v) is 1.85. The van der Waals surface area contributed by atoms with E-state index in [1.165, 1.54) is 12.8 Å². The highest BCUT2D eigenvalue weighted by Gasteiger charge is 2.24. The predicted octanol–water partition coefficient (Wildman–Crippen LogP) is 3.02. The Morgan fingerprint density at radius 2 is 1.80 bits per heavy atom. The SMILES string of the molecule is CCCCCCOOOC(=O)C(C)(C)C. The molecule has 4 heteroatoms. The summed E-state index contributed by atoms with van der Waals surface area (Å²) in [6.07, 6.45) is 4.39. The molecule has 0 aromatic rings. The Kier molecular flexibility index (Phi) is 7.34. The first kappa shape index (κ1) is 14.4. The molecule has 0 saturated heterocycles. The van der Waals surface area contributed by atoms with Gasteiger partial charge >= 0.3 is 5.97 Å². The molecular formula is C11H22O4. The van der Waals surface area contributed by atoms with Crippen molar-refractivity contribution in [2.45, 2.75) is 53.4 Å². The molecule has 0 amide bonds. The monoisotopic (exact) mass is 218 g/mol. The Hall–Kier alpha value is -0.610. The van der Waals surface area contributed by atoms with E-state index in [1.54, 1.807) is 20.8 Å². The first-order chi connectivity index (χ1) is 6.98. The van der Waals surface area contributed by atoms with E-state index < -0.39 is 11.4 Å². The highest BCUT2D eigenvalue weighted by molar-refractivity contribution is 5.74. The van der Waals surface area contributed by atoms with Crippen molar-refractivity contribution >= 4 is 5.97 Å². The van der Waals surface area contributed by atoms with Crippen LogP contribution in [0.1, 0.15) is 53.4 Å². The second-order valence-electron chi connectivity index (χ2n) is 4.57. The molecule has 0 aliphatic carbocycles. The van der Waals surface area contributed by atoms with Crippen LogP contribution in [0.2, 0.25) is 0 Å². The Morgan fingerprint density at radius 1 is 1.13 bits per heavy atom. The average Bonchev–Trinajstić information content (AvgIpc) is 2.14. The second kappa shape index (κ2) is 7.65. The minimum absolute atomic E-state index is 0.434. The summed E-state index contributed by atoms with van der Waals surface area (Å²) in [5.41, 5.74) is -0.564. The maximum atomic E-state index is 11.2. The van der Waals surface area contributed by atoms with Crippen LogP contribution in [0.3, 0.4) is 0 Å². The van der Waals surface area contributed by atoms with E-state index in [4.69, 9.17) is 4.89 Å². The zero-order chi connectivity index (χ0) is 11.7. The molecule has 0 aromatic heterocycles. The number of hydrogen-bond acceptors (Lipinski definition) is 4. The van der Waals surface area contributed by atoms with Gasteiger partial charge in [-0.2, -0.15) is 4.89 Å². The lowest BCUT2D eigenvalue weighted by Crippen LogP contribution is -2.23. The highest BCUT2D eigenvalue weighted by Crippen LogP contribution is 2.15. The van der Waals surface area contributed by atoms with Gasteiger partial charge in [-0.25, -0.2) is 4.79 Å². The lowest BCUT2D eigenvalue weighted by Gasteiger charge is -2.13. The molecule has 0 heterocycles. The molecule has 4 nitrogen and oxygen atoms in total. The second-order valence-corrected chi connectivity index (χ2v) is 4.57. The molecule has 0 radical (unpaired) electrons. The summed E-state index contributed by atoms with van der Waals surface area (Å²) in [6.45, 7) is 7.85. The van der Waals surface area contributed by atoms with E-state index in [-0.39, 0.29) is 0 Å². The fraction of sp³-hybridized carbons (Fsp3) is 0.909. The number of carbonyl (C=O) groups excluding carboxylic acids is 1. The van der Waals surface area contributed by atoms with Crippen molar-refractivity contribution in [3.05, 3.63) is 0 Å². The fourth-order valence-electron chi connectivity index (χ4n) is 0.802. The molecule has 0 rings (SSSR count). The summed E-state index contributed by atoms with van der Waals surface area (Å²) in [6, 6.07) is 0. The van der Waals surface area contributed by atoms with Gasteiger partial charge in [-0.3, -0.25) is 4.89 Å². The minimum Gasteiger partial charge on any atom is -0.268 e. The van der Waals surface area contributed by atoms with E-state index in [2.05, 4.69) is 16.8 Å². The normalized spacial score (nSPS) is 11.5. The van der Waals surface area contributed by atoms with E-state index in [1.807, 2.05) is 0 Å².